The summed E-state index contributed by atoms with van der Waals surface area (Å²) in [5.74, 6) is 1.95. The molecule has 1 fully saturated rings. The second-order valence-electron chi connectivity index (χ2n) is 5.01. The minimum atomic E-state index is 0.820. The van der Waals surface area contributed by atoms with Crippen LogP contribution in [0.4, 0.5) is 5.82 Å². The molecule has 2 heterocycles. The Morgan fingerprint density at radius 3 is 3.11 bits per heavy atom. The maximum Gasteiger partial charge on any atom is 0.136 e. The summed E-state index contributed by atoms with van der Waals surface area (Å²) in [5.41, 5.74) is 1.22. The number of anilines is 1. The summed E-state index contributed by atoms with van der Waals surface area (Å²) in [6, 6.07) is 0. The topological polar surface area (TPSA) is 41.1 Å². The molecule has 0 bridgehead atoms. The fraction of sp³-hybridized carbons (Fsp3) is 0.714. The van der Waals surface area contributed by atoms with E-state index in [1.807, 2.05) is 6.20 Å². The predicted molar refractivity (Wildman–Crippen MR) is 74.6 cm³/mol. The van der Waals surface area contributed by atoms with E-state index in [9.17, 15) is 0 Å². The van der Waals surface area contributed by atoms with Crippen molar-refractivity contribution in [2.24, 2.45) is 5.92 Å². The minimum Gasteiger partial charge on any atom is -0.356 e. The van der Waals surface area contributed by atoms with E-state index in [2.05, 4.69) is 34.0 Å². The molecule has 4 nitrogen and oxygen atoms in total. The number of piperidine rings is 1. The molecule has 18 heavy (non-hydrogen) atoms. The zero-order valence-corrected chi connectivity index (χ0v) is 11.5. The van der Waals surface area contributed by atoms with Gasteiger partial charge >= 0.3 is 0 Å². The fourth-order valence-electron chi connectivity index (χ4n) is 2.61. The third kappa shape index (κ3) is 3.19. The van der Waals surface area contributed by atoms with Gasteiger partial charge in [-0.2, -0.15) is 0 Å². The standard InChI is InChI=1S/C14H24N4/c1-3-12-6-5-7-18(10-12)14-13(8-15-4-2)9-16-11-17-14/h9,11-12,15H,3-8,10H2,1-2H3. The van der Waals surface area contributed by atoms with Crippen molar-refractivity contribution >= 4 is 5.82 Å². The number of nitrogens with one attached hydrogen (secondary N) is 1. The van der Waals surface area contributed by atoms with Gasteiger partial charge in [0.1, 0.15) is 12.1 Å². The van der Waals surface area contributed by atoms with Crippen molar-refractivity contribution in [3.63, 3.8) is 0 Å². The van der Waals surface area contributed by atoms with Crippen molar-refractivity contribution in [2.45, 2.75) is 39.7 Å². The van der Waals surface area contributed by atoms with Gasteiger partial charge in [-0.15, -0.1) is 0 Å². The lowest BCUT2D eigenvalue weighted by Crippen LogP contribution is -2.36. The van der Waals surface area contributed by atoms with Gasteiger partial charge in [0, 0.05) is 31.4 Å². The molecular weight excluding hydrogens is 224 g/mol. The van der Waals surface area contributed by atoms with Gasteiger partial charge in [0.15, 0.2) is 0 Å². The van der Waals surface area contributed by atoms with Crippen molar-refractivity contribution in [1.82, 2.24) is 15.3 Å². The van der Waals surface area contributed by atoms with Crippen LogP contribution < -0.4 is 10.2 Å². The van der Waals surface area contributed by atoms with E-state index in [1.54, 1.807) is 6.33 Å². The van der Waals surface area contributed by atoms with E-state index in [0.717, 1.165) is 37.9 Å². The zero-order chi connectivity index (χ0) is 12.8. The molecule has 1 saturated heterocycles. The van der Waals surface area contributed by atoms with Crippen molar-refractivity contribution in [1.29, 1.82) is 0 Å². The molecule has 0 saturated carbocycles. The molecule has 1 N–H and O–H groups in total. The average molecular weight is 248 g/mol. The highest BCUT2D eigenvalue weighted by atomic mass is 15.2. The normalized spacial score (nSPS) is 20.1. The molecular formula is C14H24N4. The van der Waals surface area contributed by atoms with E-state index in [1.165, 1.54) is 24.8 Å². The van der Waals surface area contributed by atoms with E-state index < -0.39 is 0 Å². The summed E-state index contributed by atoms with van der Waals surface area (Å²) in [4.78, 5) is 11.1. The van der Waals surface area contributed by atoms with Crippen LogP contribution in [0, 0.1) is 5.92 Å². The number of aromatic nitrogens is 2. The highest BCUT2D eigenvalue weighted by Gasteiger charge is 2.21. The molecule has 1 aromatic heterocycles. The lowest BCUT2D eigenvalue weighted by molar-refractivity contribution is 0.402. The third-order valence-electron chi connectivity index (χ3n) is 3.73. The molecule has 0 spiro atoms. The number of nitrogens with zero attached hydrogens (tertiary/aromatic N) is 3. The van der Waals surface area contributed by atoms with Gasteiger partial charge in [0.25, 0.3) is 0 Å². The maximum atomic E-state index is 4.50. The van der Waals surface area contributed by atoms with Crippen LogP contribution in [0.2, 0.25) is 0 Å². The first kappa shape index (κ1) is 13.3. The van der Waals surface area contributed by atoms with Crippen molar-refractivity contribution in [3.05, 3.63) is 18.1 Å². The van der Waals surface area contributed by atoms with Crippen LogP contribution in [0.1, 0.15) is 38.7 Å². The Morgan fingerprint density at radius 2 is 2.33 bits per heavy atom. The van der Waals surface area contributed by atoms with Crippen LogP contribution in [0.3, 0.4) is 0 Å². The maximum absolute atomic E-state index is 4.50. The van der Waals surface area contributed by atoms with Crippen LogP contribution in [0.15, 0.2) is 12.5 Å². The quantitative estimate of drug-likeness (QED) is 0.867. The number of rotatable bonds is 5. The molecule has 0 aromatic carbocycles. The Bertz CT molecular complexity index is 367. The number of hydrogen-bond acceptors (Lipinski definition) is 4. The first-order valence-corrected chi connectivity index (χ1v) is 7.09. The SMILES string of the molecule is CCNCc1cncnc1N1CCCC(CC)C1. The monoisotopic (exact) mass is 248 g/mol. The summed E-state index contributed by atoms with van der Waals surface area (Å²) >= 11 is 0. The molecule has 1 aliphatic heterocycles. The molecule has 4 heteroatoms. The van der Waals surface area contributed by atoms with E-state index in [0.29, 0.717) is 0 Å². The fourth-order valence-corrected chi connectivity index (χ4v) is 2.61. The second-order valence-corrected chi connectivity index (χ2v) is 5.01. The molecule has 1 unspecified atom stereocenters. The molecule has 2 rings (SSSR count). The third-order valence-corrected chi connectivity index (χ3v) is 3.73. The summed E-state index contributed by atoms with van der Waals surface area (Å²) < 4.78 is 0. The van der Waals surface area contributed by atoms with Crippen LogP contribution >= 0.6 is 0 Å². The molecule has 1 aromatic rings. The van der Waals surface area contributed by atoms with Gasteiger partial charge in [-0.3, -0.25) is 0 Å². The molecule has 0 radical (unpaired) electrons. The van der Waals surface area contributed by atoms with Gasteiger partial charge in [0.2, 0.25) is 0 Å². The largest absolute Gasteiger partial charge is 0.356 e. The van der Waals surface area contributed by atoms with Crippen molar-refractivity contribution in [3.8, 4) is 0 Å². The Balaban J connectivity index is 2.11. The highest BCUT2D eigenvalue weighted by Crippen LogP contribution is 2.25. The summed E-state index contributed by atoms with van der Waals surface area (Å²) in [7, 11) is 0. The summed E-state index contributed by atoms with van der Waals surface area (Å²) in [6.45, 7) is 8.52. The van der Waals surface area contributed by atoms with E-state index in [-0.39, 0.29) is 0 Å². The molecule has 0 aliphatic carbocycles. The van der Waals surface area contributed by atoms with Gasteiger partial charge in [-0.05, 0) is 25.3 Å². The van der Waals surface area contributed by atoms with Crippen LogP contribution in [0.25, 0.3) is 0 Å². The zero-order valence-electron chi connectivity index (χ0n) is 11.5. The summed E-state index contributed by atoms with van der Waals surface area (Å²) in [6.07, 6.45) is 7.52. The van der Waals surface area contributed by atoms with Crippen molar-refractivity contribution < 1.29 is 0 Å². The van der Waals surface area contributed by atoms with Gasteiger partial charge in [-0.1, -0.05) is 20.3 Å². The van der Waals surface area contributed by atoms with Gasteiger partial charge in [0.05, 0.1) is 0 Å². The van der Waals surface area contributed by atoms with Crippen LogP contribution in [-0.4, -0.2) is 29.6 Å². The first-order valence-electron chi connectivity index (χ1n) is 7.09. The Hall–Kier alpha value is -1.16. The van der Waals surface area contributed by atoms with Crippen LogP contribution in [-0.2, 0) is 6.54 Å². The summed E-state index contributed by atoms with van der Waals surface area (Å²) in [5, 5.41) is 3.36. The van der Waals surface area contributed by atoms with E-state index in [4.69, 9.17) is 0 Å². The molecule has 100 valence electrons. The Morgan fingerprint density at radius 1 is 1.44 bits per heavy atom. The minimum absolute atomic E-state index is 0.820. The first-order chi connectivity index (χ1) is 8.85. The molecule has 1 atom stereocenters. The molecule has 0 amide bonds. The highest BCUT2D eigenvalue weighted by molar-refractivity contribution is 5.45. The molecule has 1 aliphatic rings. The number of hydrogen-bond donors (Lipinski definition) is 1. The Kier molecular flexibility index (Phi) is 4.93. The lowest BCUT2D eigenvalue weighted by Gasteiger charge is -2.34. The average Bonchev–Trinajstić information content (AvgIpc) is 2.45. The van der Waals surface area contributed by atoms with Crippen LogP contribution in [0.5, 0.6) is 0 Å². The Labute approximate surface area is 110 Å². The van der Waals surface area contributed by atoms with E-state index >= 15 is 0 Å². The van der Waals surface area contributed by atoms with Crippen molar-refractivity contribution in [2.75, 3.05) is 24.5 Å². The predicted octanol–water partition coefficient (Wildman–Crippen LogP) is 2.21. The second kappa shape index (κ2) is 6.69. The lowest BCUT2D eigenvalue weighted by atomic mass is 9.95. The van der Waals surface area contributed by atoms with Gasteiger partial charge < -0.3 is 10.2 Å². The smallest absolute Gasteiger partial charge is 0.136 e. The van der Waals surface area contributed by atoms with Gasteiger partial charge in [-0.25, -0.2) is 9.97 Å².